The van der Waals surface area contributed by atoms with Gasteiger partial charge >= 0.3 is 0 Å². The molecule has 0 spiro atoms. The minimum Gasteiger partial charge on any atom is -0.392 e. The Bertz CT molecular complexity index is 642. The summed E-state index contributed by atoms with van der Waals surface area (Å²) in [7, 11) is 0. The summed E-state index contributed by atoms with van der Waals surface area (Å²) in [4.78, 5) is 0. The Morgan fingerprint density at radius 2 is 1.40 bits per heavy atom. The summed E-state index contributed by atoms with van der Waals surface area (Å²) in [6.45, 7) is 2.38. The van der Waals surface area contributed by atoms with Gasteiger partial charge in [0.1, 0.15) is 0 Å². The van der Waals surface area contributed by atoms with Gasteiger partial charge in [-0.1, -0.05) is 94.7 Å². The van der Waals surface area contributed by atoms with E-state index in [-0.39, 0.29) is 6.61 Å². The first kappa shape index (κ1) is 19.7. The molecule has 2 aromatic rings. The maximum Gasteiger partial charge on any atom is 0.0682 e. The summed E-state index contributed by atoms with van der Waals surface area (Å²) in [6.07, 6.45) is 18.2. The van der Waals surface area contributed by atoms with Crippen LogP contribution in [0, 0.1) is 0 Å². The molecular formula is C24H34O. The summed E-state index contributed by atoms with van der Waals surface area (Å²) in [6, 6.07) is 12.7. The molecule has 0 atom stereocenters. The maximum atomic E-state index is 9.21. The molecule has 0 aliphatic rings. The van der Waals surface area contributed by atoms with E-state index in [1.54, 1.807) is 0 Å². The van der Waals surface area contributed by atoms with Crippen LogP contribution in [0.3, 0.4) is 0 Å². The van der Waals surface area contributed by atoms with Crippen molar-refractivity contribution in [3.63, 3.8) is 0 Å². The first-order chi connectivity index (χ1) is 12.3. The van der Waals surface area contributed by atoms with Crippen molar-refractivity contribution >= 4 is 16.8 Å². The van der Waals surface area contributed by atoms with E-state index in [1.165, 1.54) is 80.5 Å². The number of hydrogen-bond donors (Lipinski definition) is 1. The molecule has 25 heavy (non-hydrogen) atoms. The lowest BCUT2D eigenvalue weighted by atomic mass is 10.0. The molecule has 1 heteroatoms. The highest BCUT2D eigenvalue weighted by molar-refractivity contribution is 5.85. The van der Waals surface area contributed by atoms with E-state index in [0.29, 0.717) is 0 Å². The Morgan fingerprint density at radius 1 is 0.760 bits per heavy atom. The van der Waals surface area contributed by atoms with Gasteiger partial charge in [-0.25, -0.2) is 0 Å². The fraction of sp³-hybridized carbons (Fsp3) is 0.500. The molecule has 0 bridgehead atoms. The van der Waals surface area contributed by atoms with Crippen LogP contribution in [-0.4, -0.2) is 5.11 Å². The smallest absolute Gasteiger partial charge is 0.0682 e. The molecule has 0 amide bonds. The first-order valence-corrected chi connectivity index (χ1v) is 10.1. The van der Waals surface area contributed by atoms with Gasteiger partial charge in [-0.3, -0.25) is 0 Å². The summed E-state index contributed by atoms with van der Waals surface area (Å²) in [5.41, 5.74) is 2.24. The van der Waals surface area contributed by atoms with Crippen molar-refractivity contribution in [3.8, 4) is 0 Å². The van der Waals surface area contributed by atoms with Crippen LogP contribution >= 0.6 is 0 Å². The van der Waals surface area contributed by atoms with E-state index in [9.17, 15) is 5.11 Å². The number of rotatable bonds is 12. The van der Waals surface area contributed by atoms with Crippen molar-refractivity contribution in [2.75, 3.05) is 0 Å². The van der Waals surface area contributed by atoms with Crippen LogP contribution in [0.1, 0.15) is 82.3 Å². The van der Waals surface area contributed by atoms with Gasteiger partial charge in [-0.15, -0.1) is 0 Å². The fourth-order valence-corrected chi connectivity index (χ4v) is 3.31. The number of aliphatic hydroxyl groups excluding tert-OH is 1. The van der Waals surface area contributed by atoms with Crippen LogP contribution in [0.15, 0.2) is 42.5 Å². The van der Waals surface area contributed by atoms with Crippen LogP contribution in [0.5, 0.6) is 0 Å². The zero-order valence-electron chi connectivity index (χ0n) is 15.8. The lowest BCUT2D eigenvalue weighted by Crippen LogP contribution is -1.83. The predicted octanol–water partition coefficient (Wildman–Crippen LogP) is 7.27. The largest absolute Gasteiger partial charge is 0.392 e. The molecular weight excluding hydrogens is 304 g/mol. The third-order valence-electron chi connectivity index (χ3n) is 4.90. The van der Waals surface area contributed by atoms with Gasteiger partial charge < -0.3 is 5.11 Å². The van der Waals surface area contributed by atoms with E-state index in [1.807, 2.05) is 6.07 Å². The van der Waals surface area contributed by atoms with Gasteiger partial charge in [0.25, 0.3) is 0 Å². The van der Waals surface area contributed by atoms with Crippen molar-refractivity contribution in [3.05, 3.63) is 53.6 Å². The Balaban J connectivity index is 1.64. The highest BCUT2D eigenvalue weighted by Crippen LogP contribution is 2.19. The van der Waals surface area contributed by atoms with E-state index >= 15 is 0 Å². The van der Waals surface area contributed by atoms with Gasteiger partial charge in [-0.05, 0) is 46.9 Å². The van der Waals surface area contributed by atoms with Crippen molar-refractivity contribution in [1.29, 1.82) is 0 Å². The molecule has 0 saturated heterocycles. The van der Waals surface area contributed by atoms with Gasteiger partial charge in [-0.2, -0.15) is 0 Å². The number of unbranched alkanes of at least 4 members (excludes halogenated alkanes) is 9. The normalized spacial score (nSPS) is 11.6. The molecule has 2 aromatic carbocycles. The van der Waals surface area contributed by atoms with E-state index in [4.69, 9.17) is 0 Å². The fourth-order valence-electron chi connectivity index (χ4n) is 3.31. The number of aliphatic hydroxyl groups is 1. The van der Waals surface area contributed by atoms with Gasteiger partial charge in [0, 0.05) is 0 Å². The summed E-state index contributed by atoms with van der Waals surface area (Å²) >= 11 is 0. The monoisotopic (exact) mass is 338 g/mol. The topological polar surface area (TPSA) is 20.2 Å². The van der Waals surface area contributed by atoms with E-state index < -0.39 is 0 Å². The van der Waals surface area contributed by atoms with Crippen LogP contribution in [0.25, 0.3) is 16.8 Å². The molecule has 0 fully saturated rings. The van der Waals surface area contributed by atoms with E-state index in [2.05, 4.69) is 49.4 Å². The Kier molecular flexibility index (Phi) is 9.36. The molecule has 0 radical (unpaired) electrons. The third kappa shape index (κ3) is 7.44. The van der Waals surface area contributed by atoms with Gasteiger partial charge in [0.2, 0.25) is 0 Å². The molecule has 136 valence electrons. The van der Waals surface area contributed by atoms with Crippen LogP contribution < -0.4 is 0 Å². The molecule has 0 saturated carbocycles. The molecule has 1 N–H and O–H groups in total. The van der Waals surface area contributed by atoms with E-state index in [0.717, 1.165) is 5.56 Å². The SMILES string of the molecule is CCCCCCCCCCC/C=C/c1ccc2cc(CO)ccc2c1. The maximum absolute atomic E-state index is 9.21. The van der Waals surface area contributed by atoms with Crippen molar-refractivity contribution in [1.82, 2.24) is 0 Å². The van der Waals surface area contributed by atoms with Crippen LogP contribution in [0.2, 0.25) is 0 Å². The van der Waals surface area contributed by atoms with Crippen molar-refractivity contribution in [2.45, 2.75) is 77.7 Å². The third-order valence-corrected chi connectivity index (χ3v) is 4.90. The minimum atomic E-state index is 0.107. The number of hydrogen-bond acceptors (Lipinski definition) is 1. The Labute approximate surface area is 153 Å². The highest BCUT2D eigenvalue weighted by atomic mass is 16.3. The Hall–Kier alpha value is -1.60. The molecule has 0 aliphatic carbocycles. The first-order valence-electron chi connectivity index (χ1n) is 10.1. The zero-order chi connectivity index (χ0) is 17.7. The standard InChI is InChI=1S/C24H34O/c1-2-3-4-5-6-7-8-9-10-11-12-13-21-14-16-24-19-22(20-25)15-17-23(24)18-21/h12-19,25H,2-11,20H2,1H3/b13-12+. The van der Waals surface area contributed by atoms with Gasteiger partial charge in [0.05, 0.1) is 6.61 Å². The summed E-state index contributed by atoms with van der Waals surface area (Å²) in [5, 5.41) is 11.6. The predicted molar refractivity (Wildman–Crippen MR) is 111 cm³/mol. The number of fused-ring (bicyclic) bond motifs is 1. The molecule has 0 heterocycles. The molecule has 0 aromatic heterocycles. The second kappa shape index (κ2) is 11.9. The average Bonchev–Trinajstić information content (AvgIpc) is 2.65. The van der Waals surface area contributed by atoms with Crippen molar-refractivity contribution < 1.29 is 5.11 Å². The quantitative estimate of drug-likeness (QED) is 0.403. The average molecular weight is 339 g/mol. The second-order valence-corrected chi connectivity index (χ2v) is 7.12. The summed E-state index contributed by atoms with van der Waals surface area (Å²) in [5.74, 6) is 0. The van der Waals surface area contributed by atoms with Crippen LogP contribution in [-0.2, 0) is 6.61 Å². The number of benzene rings is 2. The lowest BCUT2D eigenvalue weighted by molar-refractivity contribution is 0.282. The zero-order valence-corrected chi connectivity index (χ0v) is 15.8. The minimum absolute atomic E-state index is 0.107. The summed E-state index contributed by atoms with van der Waals surface area (Å²) < 4.78 is 0. The molecule has 0 unspecified atom stereocenters. The molecule has 2 rings (SSSR count). The van der Waals surface area contributed by atoms with Crippen LogP contribution in [0.4, 0.5) is 0 Å². The van der Waals surface area contributed by atoms with Gasteiger partial charge in [0.15, 0.2) is 0 Å². The molecule has 0 aliphatic heterocycles. The lowest BCUT2D eigenvalue weighted by Gasteiger charge is -2.03. The Morgan fingerprint density at radius 3 is 2.12 bits per heavy atom. The molecule has 1 nitrogen and oxygen atoms in total. The van der Waals surface area contributed by atoms with Crippen molar-refractivity contribution in [2.24, 2.45) is 0 Å². The highest BCUT2D eigenvalue weighted by Gasteiger charge is 1.97. The second-order valence-electron chi connectivity index (χ2n) is 7.12. The number of allylic oxidation sites excluding steroid dienone is 1.